The summed E-state index contributed by atoms with van der Waals surface area (Å²) in [7, 11) is 0. The molecule has 0 spiro atoms. The number of hydrogen-bond acceptors (Lipinski definition) is 6. The fraction of sp³-hybridized carbons (Fsp3) is 0.184. The van der Waals surface area contributed by atoms with Crippen LogP contribution in [0.5, 0.6) is 28.7 Å². The first kappa shape index (κ1) is 37.5. The Morgan fingerprint density at radius 2 is 0.609 bits per heavy atom. The summed E-state index contributed by atoms with van der Waals surface area (Å²) in [4.78, 5) is 8.98. The molecule has 0 atom stereocenters. The topological polar surface area (TPSA) is 118 Å². The van der Waals surface area contributed by atoms with Crippen molar-refractivity contribution in [3.8, 4) is 39.9 Å². The van der Waals surface area contributed by atoms with E-state index in [9.17, 15) is 10.2 Å². The lowest BCUT2D eigenvalue weighted by atomic mass is 9.78. The number of phenolic OH excluding ortho intramolecular Hbond substituents is 5. The second kappa shape index (κ2) is 17.2. The number of hydrogen-bond donors (Lipinski definition) is 5. The van der Waals surface area contributed by atoms with Gasteiger partial charge in [-0.2, -0.15) is 0 Å². The van der Waals surface area contributed by atoms with Gasteiger partial charge in [0.05, 0.1) is 0 Å². The first-order valence-corrected chi connectivity index (χ1v) is 15.1. The highest BCUT2D eigenvalue weighted by atomic mass is 35.5. The molecule has 0 bridgehead atoms. The second-order valence-corrected chi connectivity index (χ2v) is 12.7. The highest BCUT2D eigenvalue weighted by Gasteiger charge is 2.22. The Labute approximate surface area is 280 Å². The number of halogens is 2. The highest BCUT2D eigenvalue weighted by Crippen LogP contribution is 2.33. The van der Waals surface area contributed by atoms with E-state index in [1.54, 1.807) is 60.7 Å². The molecular weight excluding hydrogens is 623 g/mol. The zero-order valence-electron chi connectivity index (χ0n) is 26.4. The Hall–Kier alpha value is -4.65. The van der Waals surface area contributed by atoms with E-state index in [1.165, 1.54) is 5.56 Å². The molecule has 0 heterocycles. The van der Waals surface area contributed by atoms with E-state index in [0.717, 1.165) is 22.3 Å². The van der Waals surface area contributed by atoms with Crippen molar-refractivity contribution in [1.82, 2.24) is 0 Å². The summed E-state index contributed by atoms with van der Waals surface area (Å²) in [5, 5.41) is 45.8. The summed E-state index contributed by atoms with van der Waals surface area (Å²) >= 11 is 8.80. The standard InChI is InChI=1S/C15H16O2.C12H10O2.C10H14O.CCl2O/c1-15(2,11-3-7-13(16)8-4-11)12-5-9-14(17)10-6-12;13-11-5-1-9(2-6-11)10-3-7-12(14)8-4-10;1-10(2,3)8-4-6-9(11)7-5-8;2-1(3)4/h3-10,16-17H,1-2H3;1-8,13-14H;4-7,11H,1-3H3;. The third-order valence-electron chi connectivity index (χ3n) is 6.98. The molecule has 5 aromatic carbocycles. The van der Waals surface area contributed by atoms with Gasteiger partial charge in [0, 0.05) is 5.41 Å². The molecule has 0 aromatic heterocycles. The molecule has 0 saturated heterocycles. The zero-order chi connectivity index (χ0) is 34.5. The van der Waals surface area contributed by atoms with Crippen LogP contribution in [0.3, 0.4) is 0 Å². The van der Waals surface area contributed by atoms with E-state index in [2.05, 4.69) is 57.8 Å². The molecule has 0 fully saturated rings. The van der Waals surface area contributed by atoms with Gasteiger partial charge in [0.2, 0.25) is 0 Å². The molecule has 8 heteroatoms. The Morgan fingerprint density at radius 1 is 0.413 bits per heavy atom. The molecule has 5 aromatic rings. The quantitative estimate of drug-likeness (QED) is 0.123. The average molecular weight is 664 g/mol. The van der Waals surface area contributed by atoms with Gasteiger partial charge < -0.3 is 25.5 Å². The van der Waals surface area contributed by atoms with E-state index in [0.29, 0.717) is 5.75 Å². The molecule has 5 N–H and O–H groups in total. The normalized spacial score (nSPS) is 10.6. The average Bonchev–Trinajstić information content (AvgIpc) is 2.99. The maximum atomic E-state index is 9.30. The maximum Gasteiger partial charge on any atom is 0.313 e. The first-order chi connectivity index (χ1) is 21.5. The van der Waals surface area contributed by atoms with E-state index >= 15 is 0 Å². The predicted molar refractivity (Wildman–Crippen MR) is 187 cm³/mol. The molecule has 5 rings (SSSR count). The van der Waals surface area contributed by atoms with Crippen molar-refractivity contribution in [2.75, 3.05) is 0 Å². The SMILES string of the molecule is CC(C)(C)c1ccc(O)cc1.CC(C)(c1ccc(O)cc1)c1ccc(O)cc1.O=C(Cl)Cl.Oc1ccc(-c2ccc(O)cc2)cc1. The lowest BCUT2D eigenvalue weighted by molar-refractivity contribution is 0.275. The Kier molecular flexibility index (Phi) is 14.0. The number of aromatic hydroxyl groups is 5. The summed E-state index contributed by atoms with van der Waals surface area (Å²) in [5.41, 5.74) is 5.55. The monoisotopic (exact) mass is 662 g/mol. The van der Waals surface area contributed by atoms with E-state index in [1.807, 2.05) is 60.7 Å². The molecule has 0 aliphatic carbocycles. The number of rotatable bonds is 3. The molecule has 0 aliphatic rings. The number of phenols is 5. The molecule has 0 radical (unpaired) electrons. The largest absolute Gasteiger partial charge is 0.508 e. The van der Waals surface area contributed by atoms with Crippen LogP contribution in [-0.2, 0) is 10.8 Å². The zero-order valence-corrected chi connectivity index (χ0v) is 28.0. The van der Waals surface area contributed by atoms with Crippen molar-refractivity contribution >= 4 is 27.9 Å². The molecule has 242 valence electrons. The predicted octanol–water partition coefficient (Wildman–Crippen LogP) is 10.5. The van der Waals surface area contributed by atoms with E-state index < -0.39 is 4.70 Å². The first-order valence-electron chi connectivity index (χ1n) is 14.3. The van der Waals surface area contributed by atoms with Crippen molar-refractivity contribution in [2.45, 2.75) is 45.4 Å². The maximum absolute atomic E-state index is 9.30. The summed E-state index contributed by atoms with van der Waals surface area (Å²) in [6, 6.07) is 35.7. The molecule has 6 nitrogen and oxygen atoms in total. The summed E-state index contributed by atoms with van der Waals surface area (Å²) in [5.74, 6) is 1.39. The van der Waals surface area contributed by atoms with Gasteiger partial charge in [-0.1, -0.05) is 95.3 Å². The lowest BCUT2D eigenvalue weighted by Crippen LogP contribution is -2.18. The Balaban J connectivity index is 0.000000231. The smallest absolute Gasteiger partial charge is 0.313 e. The van der Waals surface area contributed by atoms with Crippen LogP contribution >= 0.6 is 23.2 Å². The third-order valence-corrected chi connectivity index (χ3v) is 6.98. The van der Waals surface area contributed by atoms with Crippen LogP contribution in [0, 0.1) is 0 Å². The van der Waals surface area contributed by atoms with Gasteiger partial charge in [0.1, 0.15) is 28.7 Å². The summed E-state index contributed by atoms with van der Waals surface area (Å²) in [6.07, 6.45) is 0. The van der Waals surface area contributed by atoms with Gasteiger partial charge in [-0.3, -0.25) is 4.79 Å². The van der Waals surface area contributed by atoms with Crippen molar-refractivity contribution in [1.29, 1.82) is 0 Å². The van der Waals surface area contributed by atoms with Crippen molar-refractivity contribution in [3.63, 3.8) is 0 Å². The van der Waals surface area contributed by atoms with Crippen LogP contribution in [0.15, 0.2) is 121 Å². The fourth-order valence-electron chi connectivity index (χ4n) is 4.19. The number of carbonyl (C=O) groups is 1. The van der Waals surface area contributed by atoms with Gasteiger partial charge >= 0.3 is 4.70 Å². The summed E-state index contributed by atoms with van der Waals surface area (Å²) in [6.45, 7) is 10.7. The van der Waals surface area contributed by atoms with Crippen molar-refractivity contribution in [2.24, 2.45) is 0 Å². The van der Waals surface area contributed by atoms with Crippen molar-refractivity contribution in [3.05, 3.63) is 138 Å². The van der Waals surface area contributed by atoms with E-state index in [4.69, 9.17) is 20.1 Å². The third kappa shape index (κ3) is 12.8. The Morgan fingerprint density at radius 3 is 0.826 bits per heavy atom. The minimum absolute atomic E-state index is 0.151. The van der Waals surface area contributed by atoms with Crippen LogP contribution < -0.4 is 0 Å². The fourth-order valence-corrected chi connectivity index (χ4v) is 4.19. The lowest BCUT2D eigenvalue weighted by Gasteiger charge is -2.26. The molecule has 0 saturated carbocycles. The second-order valence-electron chi connectivity index (χ2n) is 11.8. The minimum Gasteiger partial charge on any atom is -0.508 e. The van der Waals surface area contributed by atoms with Crippen LogP contribution in [0.4, 0.5) is 4.79 Å². The molecule has 0 aliphatic heterocycles. The van der Waals surface area contributed by atoms with Gasteiger partial charge in [-0.25, -0.2) is 0 Å². The van der Waals surface area contributed by atoms with Crippen LogP contribution in [0.25, 0.3) is 11.1 Å². The van der Waals surface area contributed by atoms with Gasteiger partial charge in [0.15, 0.2) is 0 Å². The summed E-state index contributed by atoms with van der Waals surface area (Å²) < 4.78 is -0.889. The van der Waals surface area contributed by atoms with Gasteiger partial charge in [0.25, 0.3) is 0 Å². The van der Waals surface area contributed by atoms with Crippen molar-refractivity contribution < 1.29 is 30.3 Å². The molecular formula is C38H40Cl2O6. The Bertz CT molecular complexity index is 1530. The molecule has 0 amide bonds. The molecule has 46 heavy (non-hydrogen) atoms. The van der Waals surface area contributed by atoms with E-state index in [-0.39, 0.29) is 33.8 Å². The van der Waals surface area contributed by atoms with Gasteiger partial charge in [-0.15, -0.1) is 0 Å². The van der Waals surface area contributed by atoms with Crippen LogP contribution in [0.1, 0.15) is 51.3 Å². The van der Waals surface area contributed by atoms with Crippen LogP contribution in [-0.4, -0.2) is 30.2 Å². The minimum atomic E-state index is -0.889. The number of carbonyl (C=O) groups excluding carboxylic acids is 1. The van der Waals surface area contributed by atoms with Crippen LogP contribution in [0.2, 0.25) is 0 Å². The highest BCUT2D eigenvalue weighted by molar-refractivity contribution is 6.93. The molecule has 0 unspecified atom stereocenters. The van der Waals surface area contributed by atoms with Gasteiger partial charge in [-0.05, 0) is 117 Å². The number of benzene rings is 5.